The number of ether oxygens (including phenoxy) is 2. The Labute approximate surface area is 164 Å². The molecular formula is C18H14ClN3O4S. The van der Waals surface area contributed by atoms with E-state index in [0.717, 1.165) is 11.8 Å². The number of nitrogens with zero attached hydrogens (tertiary/aromatic N) is 2. The standard InChI is InChI=1S/C18H14ClN3O4S/c19-11-4-3-5-12(8-11)20-16(23)10-27-18-22-21-17(26-18)15-9-24-13-6-1-2-7-14(13)25-15/h1-8,15H,9-10H2,(H,20,23)/t15-/m0/s1. The van der Waals surface area contributed by atoms with Crippen molar-refractivity contribution in [3.8, 4) is 11.5 Å². The van der Waals surface area contributed by atoms with Gasteiger partial charge in [-0.25, -0.2) is 0 Å². The lowest BCUT2D eigenvalue weighted by atomic mass is 10.2. The Hall–Kier alpha value is -2.71. The fraction of sp³-hybridized carbons (Fsp3) is 0.167. The van der Waals surface area contributed by atoms with Crippen molar-refractivity contribution in [3.63, 3.8) is 0 Å². The smallest absolute Gasteiger partial charge is 0.277 e. The summed E-state index contributed by atoms with van der Waals surface area (Å²) in [6, 6.07) is 14.3. The predicted octanol–water partition coefficient (Wildman–Crippen LogP) is 3.97. The Morgan fingerprint density at radius 1 is 1.19 bits per heavy atom. The molecule has 0 radical (unpaired) electrons. The summed E-state index contributed by atoms with van der Waals surface area (Å²) in [5.74, 6) is 1.54. The molecular weight excluding hydrogens is 390 g/mol. The fourth-order valence-electron chi connectivity index (χ4n) is 2.44. The van der Waals surface area contributed by atoms with Crippen LogP contribution in [0.5, 0.6) is 11.5 Å². The van der Waals surface area contributed by atoms with Gasteiger partial charge in [0.2, 0.25) is 12.0 Å². The molecule has 0 saturated carbocycles. The number of carbonyl (C=O) groups excluding carboxylic acids is 1. The predicted molar refractivity (Wildman–Crippen MR) is 100 cm³/mol. The molecule has 0 bridgehead atoms. The van der Waals surface area contributed by atoms with Gasteiger partial charge < -0.3 is 19.2 Å². The van der Waals surface area contributed by atoms with Crippen LogP contribution in [0.2, 0.25) is 5.02 Å². The van der Waals surface area contributed by atoms with Crippen molar-refractivity contribution in [3.05, 3.63) is 59.4 Å². The van der Waals surface area contributed by atoms with Gasteiger partial charge in [-0.15, -0.1) is 10.2 Å². The first-order valence-corrected chi connectivity index (χ1v) is 9.44. The summed E-state index contributed by atoms with van der Waals surface area (Å²) in [5, 5.41) is 11.5. The zero-order valence-corrected chi connectivity index (χ0v) is 15.5. The SMILES string of the molecule is O=C(CSc1nnc([C@@H]2COc3ccccc3O2)o1)Nc1cccc(Cl)c1. The number of fused-ring (bicyclic) bond motifs is 1. The maximum Gasteiger partial charge on any atom is 0.277 e. The molecule has 0 spiro atoms. The van der Waals surface area contributed by atoms with Gasteiger partial charge in [0.05, 0.1) is 5.75 Å². The topological polar surface area (TPSA) is 86.5 Å². The Morgan fingerprint density at radius 2 is 2.04 bits per heavy atom. The van der Waals surface area contributed by atoms with E-state index in [2.05, 4.69) is 15.5 Å². The lowest BCUT2D eigenvalue weighted by Crippen LogP contribution is -2.21. The third kappa shape index (κ3) is 4.35. The van der Waals surface area contributed by atoms with Crippen molar-refractivity contribution in [1.29, 1.82) is 0 Å². The van der Waals surface area contributed by atoms with Gasteiger partial charge in [-0.05, 0) is 30.3 Å². The highest BCUT2D eigenvalue weighted by Crippen LogP contribution is 2.35. The van der Waals surface area contributed by atoms with Crippen molar-refractivity contribution in [2.45, 2.75) is 11.3 Å². The van der Waals surface area contributed by atoms with E-state index in [1.165, 1.54) is 0 Å². The Kier molecular flexibility index (Phi) is 5.17. The van der Waals surface area contributed by atoms with Crippen LogP contribution in [0.15, 0.2) is 58.2 Å². The van der Waals surface area contributed by atoms with Crippen LogP contribution >= 0.6 is 23.4 Å². The Morgan fingerprint density at radius 3 is 2.89 bits per heavy atom. The lowest BCUT2D eigenvalue weighted by molar-refractivity contribution is -0.113. The second-order valence-corrected chi connectivity index (χ2v) is 6.98. The molecule has 9 heteroatoms. The summed E-state index contributed by atoms with van der Waals surface area (Å²) in [7, 11) is 0. The maximum atomic E-state index is 12.0. The molecule has 1 amide bonds. The molecule has 2 heterocycles. The van der Waals surface area contributed by atoms with Crippen LogP contribution in [0.4, 0.5) is 5.69 Å². The van der Waals surface area contributed by atoms with Crippen LogP contribution in [0, 0.1) is 0 Å². The van der Waals surface area contributed by atoms with Crippen LogP contribution in [0.1, 0.15) is 12.0 Å². The number of halogens is 1. The van der Waals surface area contributed by atoms with Crippen molar-refractivity contribution in [2.75, 3.05) is 17.7 Å². The third-order valence-corrected chi connectivity index (χ3v) is 4.69. The first kappa shape index (κ1) is 17.7. The average Bonchev–Trinajstić information content (AvgIpc) is 3.15. The minimum atomic E-state index is -0.484. The summed E-state index contributed by atoms with van der Waals surface area (Å²) in [6.07, 6.45) is -0.484. The first-order chi connectivity index (χ1) is 13.2. The monoisotopic (exact) mass is 403 g/mol. The molecule has 2 aromatic carbocycles. The number of amides is 1. The van der Waals surface area contributed by atoms with Crippen LogP contribution in [-0.2, 0) is 4.79 Å². The number of thioether (sulfide) groups is 1. The highest BCUT2D eigenvalue weighted by atomic mass is 35.5. The van der Waals surface area contributed by atoms with E-state index in [4.69, 9.17) is 25.5 Å². The van der Waals surface area contributed by atoms with Crippen LogP contribution in [0.25, 0.3) is 0 Å². The van der Waals surface area contributed by atoms with Crippen LogP contribution < -0.4 is 14.8 Å². The van der Waals surface area contributed by atoms with Crippen molar-refractivity contribution >= 4 is 35.0 Å². The molecule has 1 aliphatic rings. The number of aromatic nitrogens is 2. The van der Waals surface area contributed by atoms with E-state index >= 15 is 0 Å². The fourth-order valence-corrected chi connectivity index (χ4v) is 3.20. The molecule has 1 atom stereocenters. The molecule has 7 nitrogen and oxygen atoms in total. The van der Waals surface area contributed by atoms with Crippen molar-refractivity contribution < 1.29 is 18.7 Å². The first-order valence-electron chi connectivity index (χ1n) is 8.07. The molecule has 0 aliphatic carbocycles. The largest absolute Gasteiger partial charge is 0.485 e. The summed E-state index contributed by atoms with van der Waals surface area (Å²) in [4.78, 5) is 12.0. The number of hydrogen-bond acceptors (Lipinski definition) is 7. The third-order valence-electron chi connectivity index (χ3n) is 3.64. The van der Waals surface area contributed by atoms with Gasteiger partial charge in [-0.3, -0.25) is 4.79 Å². The van der Waals surface area contributed by atoms with Gasteiger partial charge in [0.1, 0.15) is 6.61 Å². The number of nitrogens with one attached hydrogen (secondary N) is 1. The van der Waals surface area contributed by atoms with Crippen LogP contribution in [0.3, 0.4) is 0 Å². The second kappa shape index (κ2) is 7.89. The van der Waals surface area contributed by atoms with Crippen molar-refractivity contribution in [2.24, 2.45) is 0 Å². The normalized spacial score (nSPS) is 15.4. The Balaban J connectivity index is 1.33. The highest BCUT2D eigenvalue weighted by Gasteiger charge is 2.27. The van der Waals surface area contributed by atoms with E-state index < -0.39 is 6.10 Å². The number of rotatable bonds is 5. The zero-order valence-electron chi connectivity index (χ0n) is 13.9. The highest BCUT2D eigenvalue weighted by molar-refractivity contribution is 7.99. The summed E-state index contributed by atoms with van der Waals surface area (Å²) >= 11 is 7.04. The van der Waals surface area contributed by atoms with Gasteiger partial charge in [-0.1, -0.05) is 41.6 Å². The average molecular weight is 404 g/mol. The minimum Gasteiger partial charge on any atom is -0.485 e. The molecule has 138 valence electrons. The molecule has 0 saturated heterocycles. The van der Waals surface area contributed by atoms with E-state index in [1.54, 1.807) is 24.3 Å². The molecule has 0 unspecified atom stereocenters. The molecule has 0 fully saturated rings. The van der Waals surface area contributed by atoms with E-state index in [9.17, 15) is 4.79 Å². The zero-order chi connectivity index (χ0) is 18.6. The number of benzene rings is 2. The number of anilines is 1. The number of hydrogen-bond donors (Lipinski definition) is 1. The molecule has 1 aromatic heterocycles. The maximum absolute atomic E-state index is 12.0. The number of carbonyl (C=O) groups is 1. The van der Waals surface area contributed by atoms with E-state index in [1.807, 2.05) is 24.3 Å². The van der Waals surface area contributed by atoms with Gasteiger partial charge >= 0.3 is 0 Å². The lowest BCUT2D eigenvalue weighted by Gasteiger charge is -2.23. The quantitative estimate of drug-likeness (QED) is 0.645. The second-order valence-electron chi connectivity index (χ2n) is 5.62. The van der Waals surface area contributed by atoms with Crippen molar-refractivity contribution in [1.82, 2.24) is 10.2 Å². The van der Waals surface area contributed by atoms with Gasteiger partial charge in [-0.2, -0.15) is 0 Å². The molecule has 27 heavy (non-hydrogen) atoms. The van der Waals surface area contributed by atoms with Gasteiger partial charge in [0.15, 0.2) is 11.5 Å². The van der Waals surface area contributed by atoms with Gasteiger partial charge in [0, 0.05) is 10.7 Å². The van der Waals surface area contributed by atoms with Gasteiger partial charge in [0.25, 0.3) is 11.1 Å². The molecule has 1 aliphatic heterocycles. The summed E-state index contributed by atoms with van der Waals surface area (Å²) in [5.41, 5.74) is 0.630. The van der Waals surface area contributed by atoms with Crippen LogP contribution in [-0.4, -0.2) is 28.5 Å². The summed E-state index contributed by atoms with van der Waals surface area (Å²) < 4.78 is 17.1. The molecule has 3 aromatic rings. The molecule has 1 N–H and O–H groups in total. The van der Waals surface area contributed by atoms with E-state index in [0.29, 0.717) is 28.1 Å². The Bertz CT molecular complexity index is 965. The molecule has 4 rings (SSSR count). The number of para-hydroxylation sites is 2. The minimum absolute atomic E-state index is 0.124. The summed E-state index contributed by atoms with van der Waals surface area (Å²) in [6.45, 7) is 0.276. The van der Waals surface area contributed by atoms with E-state index in [-0.39, 0.29) is 23.5 Å².